The number of carbonyl (C=O) groups excluding carboxylic acids is 2. The van der Waals surface area contributed by atoms with E-state index in [1.165, 1.54) is 17.7 Å². The first kappa shape index (κ1) is 27.2. The van der Waals surface area contributed by atoms with Crippen LogP contribution in [0, 0.1) is 0 Å². The summed E-state index contributed by atoms with van der Waals surface area (Å²) in [6, 6.07) is 13.4. The van der Waals surface area contributed by atoms with Crippen molar-refractivity contribution in [2.45, 2.75) is 65.1 Å². The second-order valence-electron chi connectivity index (χ2n) is 9.27. The number of carbonyl (C=O) groups is 2. The minimum Gasteiger partial charge on any atom is -0.494 e. The summed E-state index contributed by atoms with van der Waals surface area (Å²) < 4.78 is 16.4. The summed E-state index contributed by atoms with van der Waals surface area (Å²) in [5.41, 5.74) is 0.403. The first-order chi connectivity index (χ1) is 16.1. The Labute approximate surface area is 202 Å². The number of rotatable bonds is 11. The van der Waals surface area contributed by atoms with Crippen LogP contribution in [0.1, 0.15) is 75.4 Å². The molecule has 7 heteroatoms. The zero-order chi connectivity index (χ0) is 25.1. The lowest BCUT2D eigenvalue weighted by Gasteiger charge is -2.26. The molecule has 34 heavy (non-hydrogen) atoms. The quantitative estimate of drug-likeness (QED) is 0.255. The maximum atomic E-state index is 12.4. The van der Waals surface area contributed by atoms with E-state index in [-0.39, 0.29) is 6.54 Å². The molecule has 0 bridgehead atoms. The molecule has 1 unspecified atom stereocenters. The third-order valence-electron chi connectivity index (χ3n) is 4.98. The predicted molar refractivity (Wildman–Crippen MR) is 131 cm³/mol. The number of hydrogen-bond acceptors (Lipinski definition) is 6. The number of benzene rings is 2. The number of amides is 1. The topological polar surface area (TPSA) is 85.3 Å². The molecule has 2 aromatic rings. The molecule has 0 aliphatic rings. The number of ether oxygens (including phenoxy) is 3. The summed E-state index contributed by atoms with van der Waals surface area (Å²) in [6.45, 7) is 8.26. The summed E-state index contributed by atoms with van der Waals surface area (Å²) >= 11 is 0. The van der Waals surface area contributed by atoms with Crippen LogP contribution in [0.2, 0.25) is 0 Å². The number of esters is 1. The van der Waals surface area contributed by atoms with Gasteiger partial charge < -0.3 is 24.2 Å². The van der Waals surface area contributed by atoms with E-state index in [0.717, 1.165) is 18.6 Å². The maximum absolute atomic E-state index is 12.4. The van der Waals surface area contributed by atoms with Crippen molar-refractivity contribution in [3.8, 4) is 11.5 Å². The molecule has 0 saturated carbocycles. The van der Waals surface area contributed by atoms with Gasteiger partial charge in [0, 0.05) is 7.05 Å². The van der Waals surface area contributed by atoms with Crippen LogP contribution in [-0.2, 0) is 4.74 Å². The third kappa shape index (κ3) is 9.43. The molecule has 2 rings (SSSR count). The van der Waals surface area contributed by atoms with Crippen molar-refractivity contribution in [3.63, 3.8) is 0 Å². The van der Waals surface area contributed by atoms with Crippen molar-refractivity contribution in [2.24, 2.45) is 0 Å². The normalized spacial score (nSPS) is 12.1. The summed E-state index contributed by atoms with van der Waals surface area (Å²) in [7, 11) is 1.57. The highest BCUT2D eigenvalue weighted by atomic mass is 16.6. The Balaban J connectivity index is 1.85. The molecule has 186 valence electrons. The summed E-state index contributed by atoms with van der Waals surface area (Å²) in [5.74, 6) is 0.605. The molecule has 1 amide bonds. The monoisotopic (exact) mass is 471 g/mol. The predicted octanol–water partition coefficient (Wildman–Crippen LogP) is 5.77. The van der Waals surface area contributed by atoms with Gasteiger partial charge in [-0.05, 0) is 69.2 Å². The van der Waals surface area contributed by atoms with E-state index in [2.05, 4.69) is 6.92 Å². The molecule has 1 N–H and O–H groups in total. The zero-order valence-electron chi connectivity index (χ0n) is 20.9. The molecular formula is C27H37NO6. The van der Waals surface area contributed by atoms with Gasteiger partial charge in [0.05, 0.1) is 24.8 Å². The lowest BCUT2D eigenvalue weighted by Crippen LogP contribution is -2.36. The largest absolute Gasteiger partial charge is 0.494 e. The molecule has 0 fully saturated rings. The highest BCUT2D eigenvalue weighted by Crippen LogP contribution is 2.21. The second kappa shape index (κ2) is 13.0. The van der Waals surface area contributed by atoms with Crippen LogP contribution in [0.4, 0.5) is 4.79 Å². The summed E-state index contributed by atoms with van der Waals surface area (Å²) in [4.78, 5) is 25.8. The van der Waals surface area contributed by atoms with E-state index < -0.39 is 23.8 Å². The summed E-state index contributed by atoms with van der Waals surface area (Å²) in [6.07, 6.45) is 3.14. The van der Waals surface area contributed by atoms with Crippen molar-refractivity contribution in [1.29, 1.82) is 0 Å². The Bertz CT molecular complexity index is 902. The Morgan fingerprint density at radius 2 is 1.56 bits per heavy atom. The summed E-state index contributed by atoms with van der Waals surface area (Å²) in [5, 5.41) is 10.4. The van der Waals surface area contributed by atoms with Gasteiger partial charge in [-0.1, -0.05) is 38.3 Å². The second-order valence-corrected chi connectivity index (χ2v) is 9.27. The number of nitrogens with zero attached hydrogens (tertiary/aromatic N) is 1. The highest BCUT2D eigenvalue weighted by molar-refractivity contribution is 5.91. The fourth-order valence-corrected chi connectivity index (χ4v) is 3.11. The SMILES string of the molecule is CCCCCCOc1ccc(C(=O)Oc2ccc(C(O)CN(C)C(=O)OC(C)(C)C)cc2)cc1. The Kier molecular flexibility index (Phi) is 10.4. The van der Waals surface area contributed by atoms with Crippen molar-refractivity contribution in [3.05, 3.63) is 59.7 Å². The number of hydrogen-bond donors (Lipinski definition) is 1. The average Bonchev–Trinajstić information content (AvgIpc) is 2.78. The van der Waals surface area contributed by atoms with Crippen LogP contribution in [0.25, 0.3) is 0 Å². The molecule has 0 spiro atoms. The number of aliphatic hydroxyl groups is 1. The van der Waals surface area contributed by atoms with Crippen LogP contribution in [-0.4, -0.2) is 47.9 Å². The Morgan fingerprint density at radius 3 is 2.15 bits per heavy atom. The first-order valence-corrected chi connectivity index (χ1v) is 11.8. The first-order valence-electron chi connectivity index (χ1n) is 11.8. The van der Waals surface area contributed by atoms with E-state index >= 15 is 0 Å². The molecule has 0 heterocycles. The van der Waals surface area contributed by atoms with Crippen molar-refractivity contribution >= 4 is 12.1 Å². The lowest BCUT2D eigenvalue weighted by molar-refractivity contribution is 0.0205. The van der Waals surface area contributed by atoms with Gasteiger partial charge in [-0.3, -0.25) is 0 Å². The molecule has 2 aromatic carbocycles. The molecule has 0 saturated heterocycles. The van der Waals surface area contributed by atoms with Crippen molar-refractivity contribution < 1.29 is 28.9 Å². The van der Waals surface area contributed by atoms with Crippen molar-refractivity contribution in [1.82, 2.24) is 4.90 Å². The zero-order valence-corrected chi connectivity index (χ0v) is 20.9. The number of unbranched alkanes of at least 4 members (excludes halogenated alkanes) is 3. The van der Waals surface area contributed by atoms with Gasteiger partial charge in [0.1, 0.15) is 17.1 Å². The fourth-order valence-electron chi connectivity index (χ4n) is 3.11. The van der Waals surface area contributed by atoms with E-state index in [1.54, 1.807) is 76.3 Å². The maximum Gasteiger partial charge on any atom is 0.410 e. The van der Waals surface area contributed by atoms with Crippen LogP contribution in [0.15, 0.2) is 48.5 Å². The highest BCUT2D eigenvalue weighted by Gasteiger charge is 2.22. The Hall–Kier alpha value is -3.06. The lowest BCUT2D eigenvalue weighted by atomic mass is 10.1. The van der Waals surface area contributed by atoms with Gasteiger partial charge >= 0.3 is 12.1 Å². The van der Waals surface area contributed by atoms with Gasteiger partial charge in [-0.25, -0.2) is 9.59 Å². The van der Waals surface area contributed by atoms with Gasteiger partial charge in [0.15, 0.2) is 0 Å². The molecule has 0 aliphatic carbocycles. The molecular weight excluding hydrogens is 434 g/mol. The molecule has 0 radical (unpaired) electrons. The van der Waals surface area contributed by atoms with Crippen molar-refractivity contribution in [2.75, 3.05) is 20.2 Å². The van der Waals surface area contributed by atoms with E-state index in [0.29, 0.717) is 23.5 Å². The molecule has 7 nitrogen and oxygen atoms in total. The molecule has 0 aliphatic heterocycles. The fraction of sp³-hybridized carbons (Fsp3) is 0.481. The van der Waals surface area contributed by atoms with Crippen LogP contribution >= 0.6 is 0 Å². The van der Waals surface area contributed by atoms with Crippen LogP contribution in [0.5, 0.6) is 11.5 Å². The van der Waals surface area contributed by atoms with E-state index in [4.69, 9.17) is 14.2 Å². The average molecular weight is 472 g/mol. The Morgan fingerprint density at radius 1 is 0.941 bits per heavy atom. The molecule has 0 aromatic heterocycles. The van der Waals surface area contributed by atoms with E-state index in [9.17, 15) is 14.7 Å². The number of aliphatic hydroxyl groups excluding tert-OH is 1. The van der Waals surface area contributed by atoms with Gasteiger partial charge in [-0.15, -0.1) is 0 Å². The van der Waals surface area contributed by atoms with Crippen LogP contribution < -0.4 is 9.47 Å². The van der Waals surface area contributed by atoms with Crippen LogP contribution in [0.3, 0.4) is 0 Å². The number of likely N-dealkylation sites (N-methyl/N-ethyl adjacent to an activating group) is 1. The third-order valence-corrected chi connectivity index (χ3v) is 4.98. The standard InChI is InChI=1S/C27H37NO6/c1-6-7-8-9-18-32-22-14-12-21(13-15-22)25(30)33-23-16-10-20(11-17-23)24(29)19-28(5)26(31)34-27(2,3)4/h10-17,24,29H,6-9,18-19H2,1-5H3. The van der Waals surface area contributed by atoms with Gasteiger partial charge in [-0.2, -0.15) is 0 Å². The smallest absolute Gasteiger partial charge is 0.410 e. The minimum absolute atomic E-state index is 0.0705. The minimum atomic E-state index is -0.906. The van der Waals surface area contributed by atoms with E-state index in [1.807, 2.05) is 0 Å². The molecule has 1 atom stereocenters. The van der Waals surface area contributed by atoms with Gasteiger partial charge in [0.25, 0.3) is 0 Å². The van der Waals surface area contributed by atoms with Gasteiger partial charge in [0.2, 0.25) is 0 Å².